The summed E-state index contributed by atoms with van der Waals surface area (Å²) in [6.45, 7) is 7.31. The average molecular weight is 125 g/mol. The van der Waals surface area contributed by atoms with E-state index in [0.717, 1.165) is 5.92 Å². The lowest BCUT2D eigenvalue weighted by Crippen LogP contribution is -2.22. The summed E-state index contributed by atoms with van der Waals surface area (Å²) in [5.74, 6) is 0.859. The summed E-state index contributed by atoms with van der Waals surface area (Å²) < 4.78 is 0. The van der Waals surface area contributed by atoms with Gasteiger partial charge in [-0.1, -0.05) is 13.0 Å². The molecule has 0 saturated carbocycles. The van der Waals surface area contributed by atoms with Crippen LogP contribution >= 0.6 is 0 Å². The molecular formula is C8H15N. The predicted octanol–water partition coefficient (Wildman–Crippen LogP) is 1.51. The van der Waals surface area contributed by atoms with E-state index in [9.17, 15) is 0 Å². The molecule has 0 amide bonds. The molecule has 52 valence electrons. The minimum absolute atomic E-state index is 0.639. The van der Waals surface area contributed by atoms with E-state index in [0.29, 0.717) is 6.04 Å². The first-order valence-corrected chi connectivity index (χ1v) is 3.57. The van der Waals surface area contributed by atoms with Crippen LogP contribution in [0.4, 0.5) is 0 Å². The molecule has 9 heavy (non-hydrogen) atoms. The molecule has 1 nitrogen and oxygen atoms in total. The van der Waals surface area contributed by atoms with Crippen molar-refractivity contribution in [3.8, 4) is 0 Å². The number of likely N-dealkylation sites (N-methyl/N-ethyl adjacent to an activating group) is 1. The number of likely N-dealkylation sites (tertiary alicyclic amines) is 1. The molecular weight excluding hydrogens is 110 g/mol. The highest BCUT2D eigenvalue weighted by molar-refractivity contribution is 4.92. The van der Waals surface area contributed by atoms with E-state index in [2.05, 4.69) is 25.5 Å². The number of rotatable bonds is 1. The number of hydrogen-bond donors (Lipinski definition) is 0. The second-order valence-corrected chi connectivity index (χ2v) is 3.08. The summed E-state index contributed by atoms with van der Waals surface area (Å²) >= 11 is 0. The molecule has 1 aliphatic heterocycles. The highest BCUT2D eigenvalue weighted by atomic mass is 15.1. The minimum Gasteiger partial charge on any atom is -0.300 e. The Hall–Kier alpha value is -0.300. The summed E-state index contributed by atoms with van der Waals surface area (Å²) in [4.78, 5) is 2.36. The van der Waals surface area contributed by atoms with Crippen LogP contribution in [-0.4, -0.2) is 24.5 Å². The van der Waals surface area contributed by atoms with Crippen LogP contribution in [0.5, 0.6) is 0 Å². The first-order valence-electron chi connectivity index (χ1n) is 3.57. The molecule has 0 aliphatic carbocycles. The van der Waals surface area contributed by atoms with Gasteiger partial charge in [-0.2, -0.15) is 0 Å². The van der Waals surface area contributed by atoms with Gasteiger partial charge in [-0.05, 0) is 19.4 Å². The molecule has 1 saturated heterocycles. The fourth-order valence-corrected chi connectivity index (χ4v) is 1.57. The molecule has 0 bridgehead atoms. The molecule has 1 heteroatoms. The van der Waals surface area contributed by atoms with Gasteiger partial charge in [0.05, 0.1) is 0 Å². The maximum absolute atomic E-state index is 3.79. The van der Waals surface area contributed by atoms with E-state index in [1.165, 1.54) is 13.0 Å². The molecule has 2 unspecified atom stereocenters. The van der Waals surface area contributed by atoms with Crippen molar-refractivity contribution < 1.29 is 0 Å². The zero-order valence-corrected chi connectivity index (χ0v) is 6.30. The Balaban J connectivity index is 2.47. The fourth-order valence-electron chi connectivity index (χ4n) is 1.57. The SMILES string of the molecule is C=CC1CC(C)CN1C. The van der Waals surface area contributed by atoms with Crippen molar-refractivity contribution >= 4 is 0 Å². The van der Waals surface area contributed by atoms with E-state index in [4.69, 9.17) is 0 Å². The lowest BCUT2D eigenvalue weighted by Gasteiger charge is -2.13. The quantitative estimate of drug-likeness (QED) is 0.480. The Morgan fingerprint density at radius 1 is 1.67 bits per heavy atom. The van der Waals surface area contributed by atoms with Crippen molar-refractivity contribution in [1.82, 2.24) is 4.90 Å². The summed E-state index contributed by atoms with van der Waals surface area (Å²) in [5, 5.41) is 0. The third-order valence-corrected chi connectivity index (χ3v) is 2.08. The lowest BCUT2D eigenvalue weighted by atomic mass is 10.1. The van der Waals surface area contributed by atoms with Gasteiger partial charge in [0.1, 0.15) is 0 Å². The highest BCUT2D eigenvalue weighted by Crippen LogP contribution is 2.20. The summed E-state index contributed by atoms with van der Waals surface area (Å²) in [5.41, 5.74) is 0. The molecule has 1 fully saturated rings. The van der Waals surface area contributed by atoms with Gasteiger partial charge in [-0.15, -0.1) is 6.58 Å². The monoisotopic (exact) mass is 125 g/mol. The summed E-state index contributed by atoms with van der Waals surface area (Å²) in [6.07, 6.45) is 3.34. The van der Waals surface area contributed by atoms with Crippen LogP contribution < -0.4 is 0 Å². The van der Waals surface area contributed by atoms with Crippen molar-refractivity contribution in [2.75, 3.05) is 13.6 Å². The van der Waals surface area contributed by atoms with Crippen LogP contribution in [0.15, 0.2) is 12.7 Å². The van der Waals surface area contributed by atoms with Crippen LogP contribution in [0.25, 0.3) is 0 Å². The van der Waals surface area contributed by atoms with Crippen molar-refractivity contribution in [2.45, 2.75) is 19.4 Å². The minimum atomic E-state index is 0.639. The third kappa shape index (κ3) is 1.33. The van der Waals surface area contributed by atoms with Crippen LogP contribution in [0.3, 0.4) is 0 Å². The molecule has 0 spiro atoms. The van der Waals surface area contributed by atoms with Crippen molar-refractivity contribution in [3.63, 3.8) is 0 Å². The Bertz CT molecular complexity index is 109. The molecule has 0 radical (unpaired) electrons. The van der Waals surface area contributed by atoms with Gasteiger partial charge < -0.3 is 0 Å². The number of hydrogen-bond acceptors (Lipinski definition) is 1. The van der Waals surface area contributed by atoms with Gasteiger partial charge in [0, 0.05) is 12.6 Å². The van der Waals surface area contributed by atoms with Crippen LogP contribution in [-0.2, 0) is 0 Å². The van der Waals surface area contributed by atoms with Crippen LogP contribution in [0.2, 0.25) is 0 Å². The van der Waals surface area contributed by atoms with Gasteiger partial charge >= 0.3 is 0 Å². The zero-order valence-electron chi connectivity index (χ0n) is 6.30. The van der Waals surface area contributed by atoms with E-state index < -0.39 is 0 Å². The zero-order chi connectivity index (χ0) is 6.85. The molecule has 0 aromatic carbocycles. The molecule has 1 aliphatic rings. The lowest BCUT2D eigenvalue weighted by molar-refractivity contribution is 0.351. The largest absolute Gasteiger partial charge is 0.300 e. The predicted molar refractivity (Wildman–Crippen MR) is 40.4 cm³/mol. The van der Waals surface area contributed by atoms with E-state index in [-0.39, 0.29) is 0 Å². The molecule has 0 aromatic rings. The van der Waals surface area contributed by atoms with Gasteiger partial charge in [-0.25, -0.2) is 0 Å². The summed E-state index contributed by atoms with van der Waals surface area (Å²) in [6, 6.07) is 0.639. The molecule has 1 rings (SSSR count). The topological polar surface area (TPSA) is 3.24 Å². The molecule has 1 heterocycles. The van der Waals surface area contributed by atoms with Crippen LogP contribution in [0.1, 0.15) is 13.3 Å². The van der Waals surface area contributed by atoms with Crippen molar-refractivity contribution in [2.24, 2.45) is 5.92 Å². The number of nitrogens with zero attached hydrogens (tertiary/aromatic N) is 1. The van der Waals surface area contributed by atoms with E-state index >= 15 is 0 Å². The standard InChI is InChI=1S/C8H15N/c1-4-8-5-7(2)6-9(8)3/h4,7-8H,1,5-6H2,2-3H3. The van der Waals surface area contributed by atoms with Crippen molar-refractivity contribution in [1.29, 1.82) is 0 Å². The Kier molecular flexibility index (Phi) is 1.91. The van der Waals surface area contributed by atoms with Gasteiger partial charge in [-0.3, -0.25) is 4.90 Å². The van der Waals surface area contributed by atoms with E-state index in [1.54, 1.807) is 0 Å². The Labute approximate surface area is 57.4 Å². The molecule has 2 atom stereocenters. The van der Waals surface area contributed by atoms with Crippen LogP contribution in [0, 0.1) is 5.92 Å². The molecule has 0 N–H and O–H groups in total. The first-order chi connectivity index (χ1) is 4.24. The van der Waals surface area contributed by atoms with Gasteiger partial charge in [0.2, 0.25) is 0 Å². The molecule has 0 aromatic heterocycles. The first kappa shape index (κ1) is 6.81. The average Bonchev–Trinajstić information content (AvgIpc) is 2.10. The smallest absolute Gasteiger partial charge is 0.0275 e. The maximum atomic E-state index is 3.79. The fraction of sp³-hybridized carbons (Fsp3) is 0.750. The highest BCUT2D eigenvalue weighted by Gasteiger charge is 2.23. The van der Waals surface area contributed by atoms with E-state index in [1.807, 2.05) is 6.08 Å². The Morgan fingerprint density at radius 2 is 2.33 bits per heavy atom. The normalized spacial score (nSPS) is 37.1. The summed E-state index contributed by atoms with van der Waals surface area (Å²) in [7, 11) is 2.16. The van der Waals surface area contributed by atoms with Gasteiger partial charge in [0.15, 0.2) is 0 Å². The Morgan fingerprint density at radius 3 is 2.56 bits per heavy atom. The van der Waals surface area contributed by atoms with Crippen molar-refractivity contribution in [3.05, 3.63) is 12.7 Å². The third-order valence-electron chi connectivity index (χ3n) is 2.08. The second-order valence-electron chi connectivity index (χ2n) is 3.08. The van der Waals surface area contributed by atoms with Gasteiger partial charge in [0.25, 0.3) is 0 Å². The second kappa shape index (κ2) is 2.53. The maximum Gasteiger partial charge on any atom is 0.0275 e.